The van der Waals surface area contributed by atoms with Crippen LogP contribution < -0.4 is 4.74 Å². The Balaban J connectivity index is 1.46. The Morgan fingerprint density at radius 3 is 2.86 bits per heavy atom. The minimum Gasteiger partial charge on any atom is -0.489 e. The summed E-state index contributed by atoms with van der Waals surface area (Å²) in [5.74, 6) is 1.45. The van der Waals surface area contributed by atoms with E-state index in [9.17, 15) is 4.79 Å². The Kier molecular flexibility index (Phi) is 5.93. The molecule has 1 unspecified atom stereocenters. The lowest BCUT2D eigenvalue weighted by Crippen LogP contribution is -2.02. The first-order valence-corrected chi connectivity index (χ1v) is 10.5. The average Bonchev–Trinajstić information content (AvgIpc) is 3.33. The van der Waals surface area contributed by atoms with Crippen LogP contribution >= 0.6 is 11.6 Å². The summed E-state index contributed by atoms with van der Waals surface area (Å²) in [4.78, 5) is 14.6. The van der Waals surface area contributed by atoms with E-state index in [4.69, 9.17) is 21.1 Å². The van der Waals surface area contributed by atoms with Gasteiger partial charge in [-0.2, -0.15) is 0 Å². The summed E-state index contributed by atoms with van der Waals surface area (Å²) in [6.07, 6.45) is 2.21. The van der Waals surface area contributed by atoms with Crippen LogP contribution in [-0.2, 0) is 22.6 Å². The number of ether oxygens (including phenoxy) is 2. The molecule has 0 bridgehead atoms. The molecule has 0 saturated carbocycles. The van der Waals surface area contributed by atoms with Crippen molar-refractivity contribution in [3.05, 3.63) is 63.8 Å². The minimum absolute atomic E-state index is 0.158. The topological polar surface area (TPSA) is 51.3 Å². The van der Waals surface area contributed by atoms with Crippen molar-refractivity contribution in [2.45, 2.75) is 45.6 Å². The van der Waals surface area contributed by atoms with E-state index in [0.29, 0.717) is 30.4 Å². The van der Waals surface area contributed by atoms with Gasteiger partial charge in [-0.3, -0.25) is 0 Å². The molecule has 2 aromatic carbocycles. The van der Waals surface area contributed by atoms with Crippen LogP contribution in [0, 0.1) is 6.92 Å². The number of hydrogen-bond donors (Lipinski definition) is 1. The summed E-state index contributed by atoms with van der Waals surface area (Å²) in [5, 5.41) is 1.60. The third kappa shape index (κ3) is 4.49. The molecule has 1 saturated heterocycles. The molecule has 1 aliphatic heterocycles. The van der Waals surface area contributed by atoms with Crippen molar-refractivity contribution in [2.75, 3.05) is 13.2 Å². The van der Waals surface area contributed by atoms with E-state index in [-0.39, 0.29) is 5.78 Å². The molecule has 152 valence electrons. The molecule has 0 radical (unpaired) electrons. The van der Waals surface area contributed by atoms with Crippen LogP contribution in [0.1, 0.15) is 48.1 Å². The first-order chi connectivity index (χ1) is 14.0. The van der Waals surface area contributed by atoms with Gasteiger partial charge in [-0.1, -0.05) is 29.8 Å². The molecule has 0 aliphatic carbocycles. The zero-order valence-electron chi connectivity index (χ0n) is 16.9. The van der Waals surface area contributed by atoms with Gasteiger partial charge in [-0.15, -0.1) is 0 Å². The Morgan fingerprint density at radius 1 is 1.28 bits per heavy atom. The number of aromatic amines is 1. The molecule has 1 aromatic heterocycles. The highest BCUT2D eigenvalue weighted by atomic mass is 35.5. The zero-order chi connectivity index (χ0) is 20.4. The summed E-state index contributed by atoms with van der Waals surface area (Å²) >= 11 is 6.52. The molecule has 1 N–H and O–H groups in total. The molecule has 1 aliphatic rings. The van der Waals surface area contributed by atoms with Gasteiger partial charge < -0.3 is 19.3 Å². The van der Waals surface area contributed by atoms with E-state index in [1.54, 1.807) is 6.92 Å². The number of aromatic nitrogens is 1. The second-order valence-corrected chi connectivity index (χ2v) is 8.25. The number of H-pyrrole nitrogens is 1. The van der Waals surface area contributed by atoms with Crippen LogP contribution in [0.3, 0.4) is 0 Å². The zero-order valence-corrected chi connectivity index (χ0v) is 17.6. The van der Waals surface area contributed by atoms with Gasteiger partial charge in [-0.25, -0.2) is 0 Å². The van der Waals surface area contributed by atoms with E-state index in [2.05, 4.69) is 30.1 Å². The molecular formula is C24H26ClNO3. The number of aryl methyl sites for hydroxylation is 2. The quantitative estimate of drug-likeness (QED) is 0.539. The highest BCUT2D eigenvalue weighted by molar-refractivity contribution is 6.36. The van der Waals surface area contributed by atoms with Gasteiger partial charge in [-0.05, 0) is 61.6 Å². The van der Waals surface area contributed by atoms with Crippen molar-refractivity contribution in [2.24, 2.45) is 0 Å². The van der Waals surface area contributed by atoms with Crippen molar-refractivity contribution in [3.63, 3.8) is 0 Å². The van der Waals surface area contributed by atoms with Gasteiger partial charge in [0.25, 0.3) is 0 Å². The highest BCUT2D eigenvalue weighted by Crippen LogP contribution is 2.32. The second kappa shape index (κ2) is 8.60. The van der Waals surface area contributed by atoms with E-state index < -0.39 is 0 Å². The summed E-state index contributed by atoms with van der Waals surface area (Å²) < 4.78 is 11.6. The molecule has 0 spiro atoms. The highest BCUT2D eigenvalue weighted by Gasteiger charge is 2.19. The second-order valence-electron chi connectivity index (χ2n) is 7.87. The molecular weight excluding hydrogens is 386 g/mol. The molecule has 4 nitrogen and oxygen atoms in total. The number of fused-ring (bicyclic) bond motifs is 1. The molecule has 5 heteroatoms. The molecule has 1 atom stereocenters. The summed E-state index contributed by atoms with van der Waals surface area (Å²) in [5.41, 5.74) is 5.68. The lowest BCUT2D eigenvalue weighted by molar-refractivity contribution is -0.116. The third-order valence-electron chi connectivity index (χ3n) is 5.61. The number of hydrogen-bond acceptors (Lipinski definition) is 3. The van der Waals surface area contributed by atoms with Crippen molar-refractivity contribution in [1.29, 1.82) is 0 Å². The fourth-order valence-corrected chi connectivity index (χ4v) is 4.29. The number of nitrogens with one attached hydrogen (secondary N) is 1. The Morgan fingerprint density at radius 2 is 2.14 bits per heavy atom. The lowest BCUT2D eigenvalue weighted by Gasteiger charge is -2.14. The van der Waals surface area contributed by atoms with E-state index in [1.807, 2.05) is 18.2 Å². The molecule has 1 fully saturated rings. The number of carbonyl (C=O) groups is 1. The fraction of sp³-hybridized carbons (Fsp3) is 0.375. The van der Waals surface area contributed by atoms with E-state index >= 15 is 0 Å². The van der Waals surface area contributed by atoms with E-state index in [0.717, 1.165) is 47.5 Å². The van der Waals surface area contributed by atoms with Crippen LogP contribution in [0.5, 0.6) is 5.75 Å². The predicted molar refractivity (Wildman–Crippen MR) is 116 cm³/mol. The van der Waals surface area contributed by atoms with Crippen molar-refractivity contribution < 1.29 is 14.3 Å². The Hall–Kier alpha value is -2.30. The van der Waals surface area contributed by atoms with Crippen molar-refractivity contribution >= 4 is 28.3 Å². The van der Waals surface area contributed by atoms with Gasteiger partial charge in [0.1, 0.15) is 18.1 Å². The van der Waals surface area contributed by atoms with Crippen LogP contribution in [0.2, 0.25) is 5.02 Å². The SMILES string of the molecule is CC(=O)CCc1[nH]c2ccc(OCc3ccc(C4CCOC4)c(C)c3)cc2c1Cl. The van der Waals surface area contributed by atoms with E-state index in [1.165, 1.54) is 11.1 Å². The molecule has 2 heterocycles. The number of halogens is 1. The number of benzene rings is 2. The maximum atomic E-state index is 11.3. The van der Waals surface area contributed by atoms with Gasteiger partial charge in [0.15, 0.2) is 0 Å². The van der Waals surface area contributed by atoms with Crippen molar-refractivity contribution in [3.8, 4) is 5.75 Å². The third-order valence-corrected chi connectivity index (χ3v) is 6.05. The standard InChI is InChI=1S/C24H26ClNO3/c1-15-11-17(4-6-20(15)18-9-10-28-14-18)13-29-19-5-8-22-21(12-19)24(25)23(26-22)7-3-16(2)27/h4-6,8,11-12,18,26H,3,7,9-10,13-14H2,1-2H3. The smallest absolute Gasteiger partial charge is 0.130 e. The number of Topliss-reactive ketones (excluding diaryl/α,β-unsaturated/α-hetero) is 1. The summed E-state index contributed by atoms with van der Waals surface area (Å²) in [7, 11) is 0. The first kappa shape index (κ1) is 20.0. The predicted octanol–water partition coefficient (Wildman–Crippen LogP) is 5.73. The fourth-order valence-electron chi connectivity index (χ4n) is 3.99. The lowest BCUT2D eigenvalue weighted by atomic mass is 9.93. The van der Waals surface area contributed by atoms with Gasteiger partial charge >= 0.3 is 0 Å². The summed E-state index contributed by atoms with van der Waals surface area (Å²) in [6, 6.07) is 12.4. The largest absolute Gasteiger partial charge is 0.489 e. The molecule has 29 heavy (non-hydrogen) atoms. The first-order valence-electron chi connectivity index (χ1n) is 10.1. The average molecular weight is 412 g/mol. The maximum Gasteiger partial charge on any atom is 0.130 e. The normalized spacial score (nSPS) is 16.4. The number of ketones is 1. The molecule has 3 aromatic rings. The van der Waals surface area contributed by atoms with Gasteiger partial charge in [0.2, 0.25) is 0 Å². The summed E-state index contributed by atoms with van der Waals surface area (Å²) in [6.45, 7) is 5.94. The molecule has 0 amide bonds. The van der Waals surface area contributed by atoms with Gasteiger partial charge in [0.05, 0.1) is 11.6 Å². The van der Waals surface area contributed by atoms with Gasteiger partial charge in [0, 0.05) is 35.5 Å². The van der Waals surface area contributed by atoms with Crippen LogP contribution in [0.4, 0.5) is 0 Å². The Bertz CT molecular complexity index is 1030. The molecule has 4 rings (SSSR count). The monoisotopic (exact) mass is 411 g/mol. The number of carbonyl (C=O) groups excluding carboxylic acids is 1. The maximum absolute atomic E-state index is 11.3. The van der Waals surface area contributed by atoms with Crippen LogP contribution in [0.15, 0.2) is 36.4 Å². The van der Waals surface area contributed by atoms with Crippen molar-refractivity contribution in [1.82, 2.24) is 4.98 Å². The van der Waals surface area contributed by atoms with Crippen LogP contribution in [-0.4, -0.2) is 24.0 Å². The minimum atomic E-state index is 0.158. The Labute approximate surface area is 176 Å². The number of rotatable bonds is 7. The van der Waals surface area contributed by atoms with Crippen LogP contribution in [0.25, 0.3) is 10.9 Å².